The van der Waals surface area contributed by atoms with Gasteiger partial charge in [0.1, 0.15) is 6.04 Å². The van der Waals surface area contributed by atoms with Gasteiger partial charge in [0, 0.05) is 30.9 Å². The Morgan fingerprint density at radius 1 is 1.36 bits per heavy atom. The maximum atomic E-state index is 13.2. The number of rotatable bonds is 3. The van der Waals surface area contributed by atoms with Crippen LogP contribution >= 0.6 is 12.2 Å². The van der Waals surface area contributed by atoms with E-state index in [0.717, 1.165) is 4.90 Å². The van der Waals surface area contributed by atoms with Gasteiger partial charge >= 0.3 is 12.0 Å². The Hall–Kier alpha value is -3.05. The zero-order chi connectivity index (χ0) is 20.4. The molecule has 1 atom stereocenters. The smallest absolute Gasteiger partial charge is 0.335 e. The van der Waals surface area contributed by atoms with Gasteiger partial charge in [-0.25, -0.2) is 9.59 Å². The zero-order valence-corrected chi connectivity index (χ0v) is 15.8. The number of urea groups is 1. The molecule has 0 aliphatic carbocycles. The summed E-state index contributed by atoms with van der Waals surface area (Å²) in [4.78, 5) is 38.4. The first-order chi connectivity index (χ1) is 13.3. The van der Waals surface area contributed by atoms with E-state index in [1.54, 1.807) is 6.07 Å². The van der Waals surface area contributed by atoms with Crippen molar-refractivity contribution in [2.75, 3.05) is 26.3 Å². The second-order valence-electron chi connectivity index (χ2n) is 6.28. The predicted octanol–water partition coefficient (Wildman–Crippen LogP) is 1.64. The molecule has 148 valence electrons. The number of nitrogens with one attached hydrogen (secondary N) is 1. The number of hydrogen-bond donors (Lipinski definition) is 2. The lowest BCUT2D eigenvalue weighted by Gasteiger charge is -2.41. The Morgan fingerprint density at radius 3 is 2.64 bits per heavy atom. The van der Waals surface area contributed by atoms with Crippen LogP contribution in [-0.2, 0) is 9.53 Å². The number of nitrogens with zero attached hydrogens (tertiary/aromatic N) is 3. The molecule has 0 saturated carbocycles. The largest absolute Gasteiger partial charge is 0.478 e. The number of nitro benzene ring substituents is 1. The highest BCUT2D eigenvalue weighted by Crippen LogP contribution is 2.36. The molecule has 0 spiro atoms. The number of allylic oxidation sites excluding steroid dienone is 1. The number of hydrogen-bond acceptors (Lipinski definition) is 6. The fraction of sp³-hybridized carbons (Fsp3) is 0.353. The lowest BCUT2D eigenvalue weighted by atomic mass is 9.94. The van der Waals surface area contributed by atoms with E-state index in [1.807, 2.05) is 0 Å². The van der Waals surface area contributed by atoms with E-state index in [9.17, 15) is 24.8 Å². The predicted molar refractivity (Wildman–Crippen MR) is 102 cm³/mol. The summed E-state index contributed by atoms with van der Waals surface area (Å²) in [7, 11) is 0. The molecule has 1 saturated heterocycles. The highest BCUT2D eigenvalue weighted by atomic mass is 32.1. The van der Waals surface area contributed by atoms with Gasteiger partial charge in [-0.1, -0.05) is 12.1 Å². The molecule has 2 N–H and O–H groups in total. The zero-order valence-electron chi connectivity index (χ0n) is 15.0. The minimum Gasteiger partial charge on any atom is -0.478 e. The van der Waals surface area contributed by atoms with Crippen LogP contribution in [0.25, 0.3) is 0 Å². The average molecular weight is 406 g/mol. The third-order valence-electron chi connectivity index (χ3n) is 4.56. The van der Waals surface area contributed by atoms with Gasteiger partial charge in [-0.2, -0.15) is 0 Å². The van der Waals surface area contributed by atoms with Crippen LogP contribution in [0.4, 0.5) is 10.5 Å². The summed E-state index contributed by atoms with van der Waals surface area (Å²) >= 11 is 5.33. The van der Waals surface area contributed by atoms with Crippen LogP contribution in [0.15, 0.2) is 35.5 Å². The van der Waals surface area contributed by atoms with Crippen LogP contribution in [0, 0.1) is 10.1 Å². The van der Waals surface area contributed by atoms with Crippen molar-refractivity contribution in [1.82, 2.24) is 15.1 Å². The van der Waals surface area contributed by atoms with E-state index in [-0.39, 0.29) is 27.6 Å². The summed E-state index contributed by atoms with van der Waals surface area (Å²) in [6.45, 7) is 2.94. The number of ether oxygens (including phenoxy) is 1. The molecule has 11 heteroatoms. The number of carbonyl (C=O) groups is 2. The summed E-state index contributed by atoms with van der Waals surface area (Å²) < 4.78 is 5.25. The number of carbonyl (C=O) groups excluding carboxylic acids is 1. The first-order valence-electron chi connectivity index (χ1n) is 8.46. The SMILES string of the molecule is CC1=C(C(=O)O)C(c2cccc([N+](=O)[O-])c2)N(C(=O)N2CCOCC2)C(=S)N1. The number of benzene rings is 1. The summed E-state index contributed by atoms with van der Waals surface area (Å²) in [5, 5.41) is 23.7. The molecule has 0 radical (unpaired) electrons. The standard InChI is InChI=1S/C17H18N4O6S/c1-10-13(15(22)23)14(11-3-2-4-12(9-11)21(25)26)20(16(28)18-10)17(24)19-5-7-27-8-6-19/h2-4,9,14H,5-8H2,1H3,(H,18,28)(H,22,23). The monoisotopic (exact) mass is 406 g/mol. The van der Waals surface area contributed by atoms with Gasteiger partial charge in [0.15, 0.2) is 5.11 Å². The van der Waals surface area contributed by atoms with Crippen LogP contribution in [0.1, 0.15) is 18.5 Å². The lowest BCUT2D eigenvalue weighted by molar-refractivity contribution is -0.384. The van der Waals surface area contributed by atoms with Crippen molar-refractivity contribution in [2.24, 2.45) is 0 Å². The van der Waals surface area contributed by atoms with E-state index in [2.05, 4.69) is 5.32 Å². The maximum Gasteiger partial charge on any atom is 0.335 e. The third-order valence-corrected chi connectivity index (χ3v) is 4.86. The number of thiocarbonyl (C=S) groups is 1. The second kappa shape index (κ2) is 7.90. The molecule has 2 aliphatic rings. The summed E-state index contributed by atoms with van der Waals surface area (Å²) in [6, 6.07) is 3.97. The molecule has 28 heavy (non-hydrogen) atoms. The third kappa shape index (κ3) is 3.66. The van der Waals surface area contributed by atoms with Gasteiger partial charge in [0.2, 0.25) is 0 Å². The lowest BCUT2D eigenvalue weighted by Crippen LogP contribution is -2.56. The Balaban J connectivity index is 2.11. The van der Waals surface area contributed by atoms with Crippen LogP contribution in [0.2, 0.25) is 0 Å². The normalized spacial score (nSPS) is 20.0. The number of morpholine rings is 1. The molecular weight excluding hydrogens is 388 g/mol. The molecule has 2 heterocycles. The first-order valence-corrected chi connectivity index (χ1v) is 8.87. The van der Waals surface area contributed by atoms with Gasteiger partial charge in [-0.05, 0) is 24.7 Å². The molecule has 1 aromatic carbocycles. The van der Waals surface area contributed by atoms with Gasteiger partial charge in [-0.3, -0.25) is 15.0 Å². The molecule has 0 aromatic heterocycles. The Kier molecular flexibility index (Phi) is 5.56. The van der Waals surface area contributed by atoms with Crippen molar-refractivity contribution in [3.8, 4) is 0 Å². The molecule has 0 bridgehead atoms. The molecule has 10 nitrogen and oxygen atoms in total. The molecule has 3 rings (SSSR count). The van der Waals surface area contributed by atoms with Crippen LogP contribution in [0.5, 0.6) is 0 Å². The van der Waals surface area contributed by atoms with Crippen LogP contribution in [-0.4, -0.2) is 63.2 Å². The van der Waals surface area contributed by atoms with Gasteiger partial charge in [-0.15, -0.1) is 0 Å². The second-order valence-corrected chi connectivity index (χ2v) is 6.67. The number of aliphatic carboxylic acids is 1. The molecular formula is C17H18N4O6S. The maximum absolute atomic E-state index is 13.2. The Bertz CT molecular complexity index is 880. The molecule has 1 fully saturated rings. The van der Waals surface area contributed by atoms with E-state index in [0.29, 0.717) is 26.3 Å². The molecule has 1 aromatic rings. The average Bonchev–Trinajstić information content (AvgIpc) is 2.67. The van der Waals surface area contributed by atoms with E-state index >= 15 is 0 Å². The topological polar surface area (TPSA) is 125 Å². The molecule has 2 aliphatic heterocycles. The number of non-ortho nitro benzene ring substituents is 1. The highest BCUT2D eigenvalue weighted by Gasteiger charge is 2.41. The Morgan fingerprint density at radius 2 is 2.04 bits per heavy atom. The van der Waals surface area contributed by atoms with Gasteiger partial charge < -0.3 is 20.1 Å². The molecule has 2 amide bonds. The minimum atomic E-state index is -1.25. The summed E-state index contributed by atoms with van der Waals surface area (Å²) in [5.74, 6) is -1.25. The summed E-state index contributed by atoms with van der Waals surface area (Å²) in [5.41, 5.74) is 0.260. The Labute approximate surface area is 165 Å². The number of nitro groups is 1. The van der Waals surface area contributed by atoms with Crippen molar-refractivity contribution in [1.29, 1.82) is 0 Å². The van der Waals surface area contributed by atoms with Crippen LogP contribution < -0.4 is 5.32 Å². The van der Waals surface area contributed by atoms with E-state index in [4.69, 9.17) is 17.0 Å². The van der Waals surface area contributed by atoms with Crippen molar-refractivity contribution in [3.63, 3.8) is 0 Å². The summed E-state index contributed by atoms with van der Waals surface area (Å²) in [6.07, 6.45) is 0. The first kappa shape index (κ1) is 19.7. The minimum absolute atomic E-state index is 0.0375. The van der Waals surface area contributed by atoms with E-state index in [1.165, 1.54) is 30.0 Å². The fourth-order valence-electron chi connectivity index (χ4n) is 3.25. The van der Waals surface area contributed by atoms with Crippen molar-refractivity contribution >= 4 is 35.0 Å². The van der Waals surface area contributed by atoms with Crippen molar-refractivity contribution in [2.45, 2.75) is 13.0 Å². The van der Waals surface area contributed by atoms with Gasteiger partial charge in [0.25, 0.3) is 5.69 Å². The highest BCUT2D eigenvalue weighted by molar-refractivity contribution is 7.80. The number of amides is 2. The number of carboxylic acid groups (broad SMARTS) is 1. The quantitative estimate of drug-likeness (QED) is 0.441. The van der Waals surface area contributed by atoms with Crippen molar-refractivity contribution < 1.29 is 24.4 Å². The van der Waals surface area contributed by atoms with Crippen molar-refractivity contribution in [3.05, 3.63) is 51.2 Å². The van der Waals surface area contributed by atoms with Crippen LogP contribution in [0.3, 0.4) is 0 Å². The van der Waals surface area contributed by atoms with Gasteiger partial charge in [0.05, 0.1) is 23.7 Å². The number of carboxylic acids is 1. The molecule has 1 unspecified atom stereocenters. The fourth-order valence-corrected chi connectivity index (χ4v) is 3.58. The van der Waals surface area contributed by atoms with E-state index < -0.39 is 23.0 Å².